The van der Waals surface area contributed by atoms with Crippen molar-refractivity contribution in [2.75, 3.05) is 18.5 Å². The van der Waals surface area contributed by atoms with Gasteiger partial charge >= 0.3 is 0 Å². The van der Waals surface area contributed by atoms with Crippen LogP contribution in [0.1, 0.15) is 62.4 Å². The Morgan fingerprint density at radius 3 is 2.44 bits per heavy atom. The maximum Gasteiger partial charge on any atom is 0.255 e. The molecule has 4 heteroatoms. The molecule has 0 radical (unpaired) electrons. The predicted octanol–water partition coefficient (Wildman–Crippen LogP) is 6.30. The molecule has 1 aliphatic heterocycles. The van der Waals surface area contributed by atoms with Crippen LogP contribution in [0.3, 0.4) is 0 Å². The number of amides is 1. The van der Waals surface area contributed by atoms with Gasteiger partial charge < -0.3 is 15.4 Å². The number of benzene rings is 3. The third-order valence-corrected chi connectivity index (χ3v) is 6.28. The lowest BCUT2D eigenvalue weighted by molar-refractivity contribution is 0.102. The van der Waals surface area contributed by atoms with Crippen molar-refractivity contribution in [3.05, 3.63) is 71.8 Å². The molecular weight excluding hydrogens is 396 g/mol. The number of carbonyl (C=O) groups is 1. The topological polar surface area (TPSA) is 50.4 Å². The molecule has 0 spiro atoms. The molecule has 1 saturated heterocycles. The molecule has 168 valence electrons. The fourth-order valence-corrected chi connectivity index (χ4v) is 4.30. The summed E-state index contributed by atoms with van der Waals surface area (Å²) in [6.07, 6.45) is 4.81. The van der Waals surface area contributed by atoms with E-state index >= 15 is 0 Å². The van der Waals surface area contributed by atoms with Crippen LogP contribution in [0.4, 0.5) is 5.69 Å². The highest BCUT2D eigenvalue weighted by Gasteiger charge is 2.16. The maximum atomic E-state index is 12.9. The van der Waals surface area contributed by atoms with E-state index in [0.29, 0.717) is 18.2 Å². The summed E-state index contributed by atoms with van der Waals surface area (Å²) < 4.78 is 6.16. The standard InChI is InChI=1S/C28H34N2O2/c1-28(2,3)21-13-11-20(12-14-21)27(31)30-25-15-16-26(24-10-5-4-9-23(24)25)32-19-17-22-8-6-7-18-29-22/h4-5,9-16,22,29H,6-8,17-19H2,1-3H3,(H,30,31). The summed E-state index contributed by atoms with van der Waals surface area (Å²) in [5, 5.41) is 8.67. The first-order chi connectivity index (χ1) is 15.4. The Bertz CT molecular complexity index is 1060. The smallest absolute Gasteiger partial charge is 0.255 e. The highest BCUT2D eigenvalue weighted by molar-refractivity contribution is 6.10. The van der Waals surface area contributed by atoms with Crippen LogP contribution in [-0.4, -0.2) is 25.1 Å². The summed E-state index contributed by atoms with van der Waals surface area (Å²) in [6, 6.07) is 20.4. The van der Waals surface area contributed by atoms with Gasteiger partial charge in [0, 0.05) is 28.1 Å². The van der Waals surface area contributed by atoms with Crippen molar-refractivity contribution in [2.24, 2.45) is 0 Å². The minimum Gasteiger partial charge on any atom is -0.493 e. The van der Waals surface area contributed by atoms with Gasteiger partial charge in [0.1, 0.15) is 5.75 Å². The second kappa shape index (κ2) is 9.74. The summed E-state index contributed by atoms with van der Waals surface area (Å²) >= 11 is 0. The van der Waals surface area contributed by atoms with Crippen LogP contribution in [0.25, 0.3) is 10.8 Å². The number of nitrogens with one attached hydrogen (secondary N) is 2. The van der Waals surface area contributed by atoms with Crippen LogP contribution in [0.2, 0.25) is 0 Å². The van der Waals surface area contributed by atoms with Gasteiger partial charge in [-0.2, -0.15) is 0 Å². The van der Waals surface area contributed by atoms with E-state index in [1.54, 1.807) is 0 Å². The minimum absolute atomic E-state index is 0.0636. The van der Waals surface area contributed by atoms with Gasteiger partial charge in [0.2, 0.25) is 0 Å². The van der Waals surface area contributed by atoms with E-state index in [0.717, 1.165) is 35.2 Å². The molecule has 1 unspecified atom stereocenters. The molecule has 0 aromatic heterocycles. The second-order valence-electron chi connectivity index (χ2n) is 9.72. The van der Waals surface area contributed by atoms with Crippen molar-refractivity contribution < 1.29 is 9.53 Å². The van der Waals surface area contributed by atoms with Crippen LogP contribution >= 0.6 is 0 Å². The Labute approximate surface area is 191 Å². The lowest BCUT2D eigenvalue weighted by Gasteiger charge is -2.23. The van der Waals surface area contributed by atoms with Crippen molar-refractivity contribution >= 4 is 22.4 Å². The van der Waals surface area contributed by atoms with Gasteiger partial charge in [0.15, 0.2) is 0 Å². The highest BCUT2D eigenvalue weighted by Crippen LogP contribution is 2.32. The maximum absolute atomic E-state index is 12.9. The number of rotatable bonds is 6. The van der Waals surface area contributed by atoms with Crippen molar-refractivity contribution in [1.29, 1.82) is 0 Å². The zero-order valence-electron chi connectivity index (χ0n) is 19.4. The second-order valence-corrected chi connectivity index (χ2v) is 9.72. The molecule has 3 aromatic carbocycles. The van der Waals surface area contributed by atoms with Crippen LogP contribution in [-0.2, 0) is 5.41 Å². The summed E-state index contributed by atoms with van der Waals surface area (Å²) in [6.45, 7) is 8.31. The van der Waals surface area contributed by atoms with Crippen molar-refractivity contribution in [3.8, 4) is 5.75 Å². The largest absolute Gasteiger partial charge is 0.493 e. The average molecular weight is 431 g/mol. The first-order valence-electron chi connectivity index (χ1n) is 11.7. The number of carbonyl (C=O) groups excluding carboxylic acids is 1. The number of piperidine rings is 1. The van der Waals surface area contributed by atoms with Crippen LogP contribution in [0.5, 0.6) is 5.75 Å². The van der Waals surface area contributed by atoms with Crippen molar-refractivity contribution in [3.63, 3.8) is 0 Å². The van der Waals surface area contributed by atoms with Crippen LogP contribution in [0, 0.1) is 0 Å². The fraction of sp³-hybridized carbons (Fsp3) is 0.393. The summed E-state index contributed by atoms with van der Waals surface area (Å²) in [5.74, 6) is 0.761. The summed E-state index contributed by atoms with van der Waals surface area (Å²) in [5.41, 5.74) is 2.73. The molecular formula is C28H34N2O2. The first kappa shape index (κ1) is 22.3. The van der Waals surface area contributed by atoms with E-state index in [1.807, 2.05) is 54.6 Å². The first-order valence-corrected chi connectivity index (χ1v) is 11.7. The Hall–Kier alpha value is -2.85. The monoisotopic (exact) mass is 430 g/mol. The van der Waals surface area contributed by atoms with Gasteiger partial charge in [-0.15, -0.1) is 0 Å². The number of fused-ring (bicyclic) bond motifs is 1. The highest BCUT2D eigenvalue weighted by atomic mass is 16.5. The molecule has 0 bridgehead atoms. The normalized spacial score (nSPS) is 16.7. The van der Waals surface area contributed by atoms with Crippen molar-refractivity contribution in [2.45, 2.75) is 57.9 Å². The quantitative estimate of drug-likeness (QED) is 0.482. The van der Waals surface area contributed by atoms with Crippen LogP contribution in [0.15, 0.2) is 60.7 Å². The molecule has 1 heterocycles. The third kappa shape index (κ3) is 5.31. The molecule has 2 N–H and O–H groups in total. The zero-order chi connectivity index (χ0) is 22.6. The van der Waals surface area contributed by atoms with Gasteiger partial charge in [0.25, 0.3) is 5.91 Å². The minimum atomic E-state index is -0.104. The van der Waals surface area contributed by atoms with E-state index in [4.69, 9.17) is 4.74 Å². The predicted molar refractivity (Wildman–Crippen MR) is 133 cm³/mol. The Balaban J connectivity index is 1.47. The van der Waals surface area contributed by atoms with E-state index < -0.39 is 0 Å². The molecule has 0 aliphatic carbocycles. The number of hydrogen-bond donors (Lipinski definition) is 2. The molecule has 1 aliphatic rings. The number of ether oxygens (including phenoxy) is 1. The third-order valence-electron chi connectivity index (χ3n) is 6.28. The molecule has 1 amide bonds. The Morgan fingerprint density at radius 2 is 1.75 bits per heavy atom. The van der Waals surface area contributed by atoms with Gasteiger partial charge in [0.05, 0.1) is 6.61 Å². The summed E-state index contributed by atoms with van der Waals surface area (Å²) in [7, 11) is 0. The molecule has 4 rings (SSSR count). The van der Waals surface area contributed by atoms with E-state index in [-0.39, 0.29) is 11.3 Å². The molecule has 1 atom stereocenters. The fourth-order valence-electron chi connectivity index (χ4n) is 4.30. The van der Waals surface area contributed by atoms with E-state index in [9.17, 15) is 4.79 Å². The zero-order valence-corrected chi connectivity index (χ0v) is 19.4. The number of anilines is 1. The van der Waals surface area contributed by atoms with Gasteiger partial charge in [-0.25, -0.2) is 0 Å². The molecule has 1 fully saturated rings. The molecule has 3 aromatic rings. The Kier molecular flexibility index (Phi) is 6.80. The van der Waals surface area contributed by atoms with Crippen LogP contribution < -0.4 is 15.4 Å². The average Bonchev–Trinajstić information content (AvgIpc) is 2.80. The van der Waals surface area contributed by atoms with Crippen molar-refractivity contribution in [1.82, 2.24) is 5.32 Å². The van der Waals surface area contributed by atoms with Gasteiger partial charge in [-0.1, -0.05) is 63.6 Å². The SMILES string of the molecule is CC(C)(C)c1ccc(C(=O)Nc2ccc(OCCC3CCCCN3)c3ccccc23)cc1. The molecule has 0 saturated carbocycles. The molecule has 32 heavy (non-hydrogen) atoms. The van der Waals surface area contributed by atoms with Gasteiger partial charge in [-0.3, -0.25) is 4.79 Å². The van der Waals surface area contributed by atoms with Gasteiger partial charge in [-0.05, 0) is 61.1 Å². The summed E-state index contributed by atoms with van der Waals surface area (Å²) in [4.78, 5) is 12.9. The molecule has 4 nitrogen and oxygen atoms in total. The van der Waals surface area contributed by atoms with E-state index in [2.05, 4.69) is 37.5 Å². The number of hydrogen-bond acceptors (Lipinski definition) is 3. The lowest BCUT2D eigenvalue weighted by atomic mass is 9.86. The Morgan fingerprint density at radius 1 is 1.00 bits per heavy atom. The lowest BCUT2D eigenvalue weighted by Crippen LogP contribution is -2.35. The van der Waals surface area contributed by atoms with E-state index in [1.165, 1.54) is 24.8 Å².